The van der Waals surface area contributed by atoms with Gasteiger partial charge in [0.15, 0.2) is 0 Å². The van der Waals surface area contributed by atoms with Crippen LogP contribution in [0, 0.1) is 11.9 Å². The van der Waals surface area contributed by atoms with Crippen molar-refractivity contribution in [2.24, 2.45) is 0 Å². The van der Waals surface area contributed by atoms with Gasteiger partial charge in [-0.15, -0.1) is 0 Å². The number of hydrogen-bond acceptors (Lipinski definition) is 10. The standard InChI is InChI=1S/C15H22FN3O2.C10H14FN3.C10H20N2O2/c1-11-10-18(14(20)21-15(2,3)4)7-8-19(11)12-5-6-17-13(16)9-12;1-8-7-12-4-5-14(8)9-2-3-13-10(11)6-9;1-8-7-12(6-5-11-8)9(13)14-10(2,3)4/h5-6,9,11H,7-8,10H2,1-4H3;2-3,6,8,12H,4-5,7H2,1H3;8,11H,5-7H2,1-4H3/t11-;2*8-/m000/s1. The van der Waals surface area contributed by atoms with E-state index in [1.807, 2.05) is 54.5 Å². The number of nitrogens with one attached hydrogen (secondary N) is 2. The van der Waals surface area contributed by atoms with Gasteiger partial charge in [0.05, 0.1) is 0 Å². The minimum absolute atomic E-state index is 0.0908. The van der Waals surface area contributed by atoms with Crippen LogP contribution in [0.2, 0.25) is 0 Å². The molecule has 14 heteroatoms. The number of anilines is 2. The number of piperazine rings is 3. The SMILES string of the molecule is C[C@H]1CN(C(=O)OC(C)(C)C)CCN1.C[C@H]1CN(C(=O)OC(C)(C)C)CCN1c1ccnc(F)c1.C[C@H]1CNCCN1c1ccnc(F)c1. The smallest absolute Gasteiger partial charge is 0.410 e. The van der Waals surface area contributed by atoms with Gasteiger partial charge >= 0.3 is 12.2 Å². The Morgan fingerprint density at radius 1 is 0.735 bits per heavy atom. The minimum Gasteiger partial charge on any atom is -0.444 e. The van der Waals surface area contributed by atoms with Crippen molar-refractivity contribution in [1.29, 1.82) is 0 Å². The molecule has 3 atom stereocenters. The van der Waals surface area contributed by atoms with Crippen molar-refractivity contribution in [3.8, 4) is 0 Å². The van der Waals surface area contributed by atoms with Crippen molar-refractivity contribution in [3.63, 3.8) is 0 Å². The van der Waals surface area contributed by atoms with Gasteiger partial charge in [-0.3, -0.25) is 0 Å². The Hall–Kier alpha value is -3.78. The molecule has 0 unspecified atom stereocenters. The number of nitrogens with zero attached hydrogens (tertiary/aromatic N) is 6. The third kappa shape index (κ3) is 13.6. The molecule has 0 aromatic carbocycles. The maximum Gasteiger partial charge on any atom is 0.410 e. The second-order valence-corrected chi connectivity index (χ2v) is 14.7. The highest BCUT2D eigenvalue weighted by Gasteiger charge is 2.30. The van der Waals surface area contributed by atoms with Crippen molar-refractivity contribution in [3.05, 3.63) is 48.6 Å². The molecule has 3 fully saturated rings. The first-order chi connectivity index (χ1) is 22.9. The fourth-order valence-corrected chi connectivity index (χ4v) is 5.62. The van der Waals surface area contributed by atoms with Gasteiger partial charge in [0.25, 0.3) is 0 Å². The summed E-state index contributed by atoms with van der Waals surface area (Å²) in [6, 6.07) is 7.39. The largest absolute Gasteiger partial charge is 0.444 e. The lowest BCUT2D eigenvalue weighted by molar-refractivity contribution is 0.0197. The number of pyridine rings is 2. The van der Waals surface area contributed by atoms with Gasteiger partial charge in [-0.05, 0) is 74.4 Å². The van der Waals surface area contributed by atoms with E-state index in [0.717, 1.165) is 50.6 Å². The molecule has 49 heavy (non-hydrogen) atoms. The van der Waals surface area contributed by atoms with Crippen LogP contribution in [0.5, 0.6) is 0 Å². The topological polar surface area (TPSA) is 115 Å². The second-order valence-electron chi connectivity index (χ2n) is 14.7. The fraction of sp³-hybridized carbons (Fsp3) is 0.657. The summed E-state index contributed by atoms with van der Waals surface area (Å²) in [6.45, 7) is 24.3. The van der Waals surface area contributed by atoms with Crippen molar-refractivity contribution in [1.82, 2.24) is 30.4 Å². The fourth-order valence-electron chi connectivity index (χ4n) is 5.62. The highest BCUT2D eigenvalue weighted by atomic mass is 19.1. The van der Waals surface area contributed by atoms with Crippen molar-refractivity contribution < 1.29 is 27.8 Å². The molecule has 0 radical (unpaired) electrons. The molecule has 2 aromatic rings. The predicted molar refractivity (Wildman–Crippen MR) is 188 cm³/mol. The van der Waals surface area contributed by atoms with Gasteiger partial charge in [-0.2, -0.15) is 8.78 Å². The van der Waals surface area contributed by atoms with E-state index in [2.05, 4.69) is 44.2 Å². The van der Waals surface area contributed by atoms with E-state index in [4.69, 9.17) is 9.47 Å². The summed E-state index contributed by atoms with van der Waals surface area (Å²) in [5, 5.41) is 6.58. The third-order valence-corrected chi connectivity index (χ3v) is 7.88. The molecular weight excluding hydrogens is 634 g/mol. The summed E-state index contributed by atoms with van der Waals surface area (Å²) < 4.78 is 36.8. The molecule has 0 spiro atoms. The lowest BCUT2D eigenvalue weighted by atomic mass is 10.1. The summed E-state index contributed by atoms with van der Waals surface area (Å²) in [5.74, 6) is -0.900. The van der Waals surface area contributed by atoms with Gasteiger partial charge in [-0.1, -0.05) is 0 Å². The minimum atomic E-state index is -0.494. The summed E-state index contributed by atoms with van der Waals surface area (Å²) >= 11 is 0. The number of rotatable bonds is 2. The number of ether oxygens (including phenoxy) is 2. The third-order valence-electron chi connectivity index (χ3n) is 7.88. The summed E-state index contributed by atoms with van der Waals surface area (Å²) in [5.41, 5.74) is 0.821. The first-order valence-corrected chi connectivity index (χ1v) is 17.1. The first kappa shape index (κ1) is 39.7. The normalized spacial score (nSPS) is 21.5. The van der Waals surface area contributed by atoms with Gasteiger partial charge in [0, 0.05) is 113 Å². The molecule has 2 N–H and O–H groups in total. The Bertz CT molecular complexity index is 1360. The number of hydrogen-bond donors (Lipinski definition) is 2. The predicted octanol–water partition coefficient (Wildman–Crippen LogP) is 4.90. The monoisotopic (exact) mass is 690 g/mol. The van der Waals surface area contributed by atoms with Crippen LogP contribution in [0.4, 0.5) is 29.7 Å². The van der Waals surface area contributed by atoms with Gasteiger partial charge in [-0.25, -0.2) is 19.6 Å². The highest BCUT2D eigenvalue weighted by Crippen LogP contribution is 2.22. The highest BCUT2D eigenvalue weighted by molar-refractivity contribution is 5.69. The zero-order valence-corrected chi connectivity index (χ0v) is 30.6. The van der Waals surface area contributed by atoms with Crippen LogP contribution in [-0.4, -0.2) is 120 Å². The Kier molecular flexibility index (Phi) is 14.4. The van der Waals surface area contributed by atoms with Crippen LogP contribution in [0.1, 0.15) is 62.3 Å². The maximum absolute atomic E-state index is 13.2. The molecular formula is C35H56F2N8O4. The van der Waals surface area contributed by atoms with E-state index >= 15 is 0 Å². The van der Waals surface area contributed by atoms with Crippen LogP contribution < -0.4 is 20.4 Å². The van der Waals surface area contributed by atoms with Crippen molar-refractivity contribution >= 4 is 23.6 Å². The number of aromatic nitrogens is 2. The number of carbonyl (C=O) groups excluding carboxylic acids is 2. The molecule has 274 valence electrons. The lowest BCUT2D eigenvalue weighted by Crippen LogP contribution is -2.54. The summed E-state index contributed by atoms with van der Waals surface area (Å²) in [6.07, 6.45) is 2.47. The first-order valence-electron chi connectivity index (χ1n) is 17.1. The number of carbonyl (C=O) groups is 2. The summed E-state index contributed by atoms with van der Waals surface area (Å²) in [4.78, 5) is 38.5. The Morgan fingerprint density at radius 3 is 1.69 bits per heavy atom. The van der Waals surface area contributed by atoms with E-state index in [1.54, 1.807) is 15.9 Å². The van der Waals surface area contributed by atoms with Gasteiger partial charge < -0.3 is 39.7 Å². The van der Waals surface area contributed by atoms with Crippen LogP contribution in [-0.2, 0) is 9.47 Å². The molecule has 0 aliphatic carbocycles. The second kappa shape index (κ2) is 17.7. The molecule has 12 nitrogen and oxygen atoms in total. The van der Waals surface area contributed by atoms with E-state index in [0.29, 0.717) is 31.7 Å². The number of halogens is 2. The van der Waals surface area contributed by atoms with E-state index in [9.17, 15) is 18.4 Å². The van der Waals surface area contributed by atoms with Crippen LogP contribution >= 0.6 is 0 Å². The molecule has 3 aliphatic rings. The van der Waals surface area contributed by atoms with Crippen LogP contribution in [0.3, 0.4) is 0 Å². The van der Waals surface area contributed by atoms with E-state index in [1.165, 1.54) is 24.5 Å². The van der Waals surface area contributed by atoms with Crippen LogP contribution in [0.15, 0.2) is 36.7 Å². The quantitative estimate of drug-likeness (QED) is 0.422. The van der Waals surface area contributed by atoms with Crippen molar-refractivity contribution in [2.75, 3.05) is 68.7 Å². The summed E-state index contributed by atoms with van der Waals surface area (Å²) in [7, 11) is 0. The van der Waals surface area contributed by atoms with E-state index < -0.39 is 23.1 Å². The Morgan fingerprint density at radius 2 is 1.24 bits per heavy atom. The Balaban J connectivity index is 0.000000206. The molecule has 5 heterocycles. The molecule has 0 saturated carbocycles. The van der Waals surface area contributed by atoms with E-state index in [-0.39, 0.29) is 18.2 Å². The number of amides is 2. The molecule has 5 rings (SSSR count). The average molecular weight is 691 g/mol. The average Bonchev–Trinajstić information content (AvgIpc) is 3.00. The zero-order chi connectivity index (χ0) is 36.4. The lowest BCUT2D eigenvalue weighted by Gasteiger charge is -2.41. The zero-order valence-electron chi connectivity index (χ0n) is 30.6. The molecule has 3 aliphatic heterocycles. The molecule has 0 bridgehead atoms. The molecule has 2 amide bonds. The molecule has 2 aromatic heterocycles. The Labute approximate surface area is 290 Å². The van der Waals surface area contributed by atoms with Crippen LogP contribution in [0.25, 0.3) is 0 Å². The van der Waals surface area contributed by atoms with Gasteiger partial charge in [0.1, 0.15) is 11.2 Å². The maximum atomic E-state index is 13.2. The van der Waals surface area contributed by atoms with Crippen molar-refractivity contribution in [2.45, 2.75) is 91.6 Å². The molecule has 3 saturated heterocycles. The van der Waals surface area contributed by atoms with Gasteiger partial charge in [0.2, 0.25) is 11.9 Å².